The van der Waals surface area contributed by atoms with Crippen molar-refractivity contribution in [2.75, 3.05) is 17.4 Å². The first-order valence-electron chi connectivity index (χ1n) is 7.94. The minimum atomic E-state index is -1.14. The highest BCUT2D eigenvalue weighted by molar-refractivity contribution is 6.35. The number of hydrazone groups is 1. The van der Waals surface area contributed by atoms with Gasteiger partial charge in [0, 0.05) is 22.0 Å². The molecular formula is C18H15Cl2N3O4. The molecule has 27 heavy (non-hydrogen) atoms. The molecule has 7 nitrogen and oxygen atoms in total. The number of halogens is 2. The molecule has 2 aromatic carbocycles. The number of rotatable bonds is 5. The fourth-order valence-electron chi connectivity index (χ4n) is 3.17. The van der Waals surface area contributed by atoms with Gasteiger partial charge in [0.2, 0.25) is 0 Å². The zero-order valence-electron chi connectivity index (χ0n) is 14.1. The number of nitrogens with zero attached hydrogens (tertiary/aromatic N) is 2. The number of carbonyl (C=O) groups is 1. The highest BCUT2D eigenvalue weighted by Gasteiger charge is 2.39. The van der Waals surface area contributed by atoms with Crippen LogP contribution in [-0.2, 0) is 9.59 Å². The van der Waals surface area contributed by atoms with Gasteiger partial charge in [-0.1, -0.05) is 40.4 Å². The molecule has 0 fully saturated rings. The predicted octanol–water partition coefficient (Wildman–Crippen LogP) is 4.07. The Morgan fingerprint density at radius 2 is 2.11 bits per heavy atom. The van der Waals surface area contributed by atoms with E-state index in [1.807, 2.05) is 18.2 Å². The van der Waals surface area contributed by atoms with Crippen LogP contribution in [0.25, 0.3) is 0 Å². The number of carboxylic acids is 1. The summed E-state index contributed by atoms with van der Waals surface area (Å²) in [7, 11) is 1.54. The summed E-state index contributed by atoms with van der Waals surface area (Å²) in [5.74, 6) is -0.535. The van der Waals surface area contributed by atoms with Crippen LogP contribution >= 0.6 is 23.2 Å². The van der Waals surface area contributed by atoms with Crippen LogP contribution in [0.15, 0.2) is 41.5 Å². The molecule has 0 radical (unpaired) electrons. The summed E-state index contributed by atoms with van der Waals surface area (Å²) in [5, 5.41) is 18.2. The summed E-state index contributed by atoms with van der Waals surface area (Å²) in [5.41, 5.74) is 1.60. The van der Waals surface area contributed by atoms with Crippen LogP contribution in [0.5, 0.6) is 5.75 Å². The lowest BCUT2D eigenvalue weighted by Gasteiger charge is -2.37. The summed E-state index contributed by atoms with van der Waals surface area (Å²) in [4.78, 5) is 22.6. The number of hydrogen-bond donors (Lipinski definition) is 2. The molecular weight excluding hydrogens is 393 g/mol. The van der Waals surface area contributed by atoms with Crippen LogP contribution in [0.2, 0.25) is 10.0 Å². The topological polar surface area (TPSA) is 91.2 Å². The fourth-order valence-corrected chi connectivity index (χ4v) is 3.78. The summed E-state index contributed by atoms with van der Waals surface area (Å²) in [6.07, 6.45) is 1.50. The van der Waals surface area contributed by atoms with Gasteiger partial charge in [0.25, 0.3) is 6.08 Å². The Bertz CT molecular complexity index is 931. The van der Waals surface area contributed by atoms with Gasteiger partial charge in [-0.25, -0.2) is 14.6 Å². The van der Waals surface area contributed by atoms with Crippen molar-refractivity contribution in [1.29, 1.82) is 0 Å². The Balaban J connectivity index is 2.13. The smallest absolute Gasteiger partial charge is 0.328 e. The van der Waals surface area contributed by atoms with E-state index in [1.54, 1.807) is 19.2 Å². The van der Waals surface area contributed by atoms with Crippen LogP contribution < -0.4 is 15.1 Å². The molecule has 0 spiro atoms. The fraction of sp³-hybridized carbons (Fsp3) is 0.222. The Labute approximate surface area is 165 Å². The summed E-state index contributed by atoms with van der Waals surface area (Å²) in [6.45, 7) is 0. The maximum atomic E-state index is 11.8. The molecule has 2 aromatic rings. The molecule has 3 rings (SSSR count). The van der Waals surface area contributed by atoms with E-state index in [0.717, 1.165) is 5.01 Å². The van der Waals surface area contributed by atoms with E-state index < -0.39 is 18.1 Å². The van der Waals surface area contributed by atoms with E-state index in [2.05, 4.69) is 10.4 Å². The monoisotopic (exact) mass is 407 g/mol. The van der Waals surface area contributed by atoms with Crippen molar-refractivity contribution < 1.29 is 19.4 Å². The number of anilines is 2. The van der Waals surface area contributed by atoms with Crippen LogP contribution in [-0.4, -0.2) is 30.3 Å². The summed E-state index contributed by atoms with van der Waals surface area (Å²) in [6, 6.07) is 8.77. The van der Waals surface area contributed by atoms with Gasteiger partial charge in [-0.15, -0.1) is 0 Å². The number of nitrogens with one attached hydrogen (secondary N) is 1. The third kappa shape index (κ3) is 3.71. The van der Waals surface area contributed by atoms with Crippen LogP contribution in [0.1, 0.15) is 18.0 Å². The van der Waals surface area contributed by atoms with Crippen LogP contribution in [0, 0.1) is 0 Å². The lowest BCUT2D eigenvalue weighted by molar-refractivity contribution is -0.139. The standard InChI is InChI=1S/C18H15Cl2N3O4/c1-27-16-5-3-2-4-12(16)22-13-8-15(18(25)26)23(21-9-24)14-7-10(19)6-11(20)17(13)14/h2-7,13,15,22H,8H2,1H3,(H,25,26)/t13-,15+/m0/s1. The molecule has 1 heterocycles. The molecule has 2 atom stereocenters. The van der Waals surface area contributed by atoms with Gasteiger partial charge in [0.1, 0.15) is 5.75 Å². The van der Waals surface area contributed by atoms with Crippen molar-refractivity contribution in [3.63, 3.8) is 0 Å². The van der Waals surface area contributed by atoms with E-state index in [-0.39, 0.29) is 6.42 Å². The first kappa shape index (κ1) is 19.0. The Hall–Kier alpha value is -2.73. The molecule has 1 aliphatic heterocycles. The molecule has 1 aliphatic rings. The van der Waals surface area contributed by atoms with E-state index >= 15 is 0 Å². The Morgan fingerprint density at radius 3 is 2.78 bits per heavy atom. The quantitative estimate of drug-likeness (QED) is 0.573. The van der Waals surface area contributed by atoms with Crippen molar-refractivity contribution in [3.05, 3.63) is 52.0 Å². The van der Waals surface area contributed by atoms with Crippen molar-refractivity contribution >= 4 is 46.6 Å². The number of hydrogen-bond acceptors (Lipinski definition) is 6. The zero-order valence-corrected chi connectivity index (χ0v) is 15.7. The molecule has 0 aliphatic carbocycles. The first-order chi connectivity index (χ1) is 13.0. The summed E-state index contributed by atoms with van der Waals surface area (Å²) >= 11 is 12.5. The molecule has 0 saturated heterocycles. The normalized spacial score (nSPS) is 18.3. The van der Waals surface area contributed by atoms with Crippen LogP contribution in [0.3, 0.4) is 0 Å². The maximum absolute atomic E-state index is 11.8. The van der Waals surface area contributed by atoms with E-state index in [0.29, 0.717) is 32.7 Å². The Kier molecular flexibility index (Phi) is 5.56. The molecule has 2 N–H and O–H groups in total. The number of carboxylic acid groups (broad SMARTS) is 1. The molecule has 0 bridgehead atoms. The minimum Gasteiger partial charge on any atom is -0.495 e. The number of para-hydroxylation sites is 2. The van der Waals surface area contributed by atoms with Gasteiger partial charge in [0.15, 0.2) is 6.04 Å². The number of carbonyl (C=O) groups excluding carboxylic acids is 1. The number of isocyanates is 1. The molecule has 0 amide bonds. The average Bonchev–Trinajstić information content (AvgIpc) is 2.63. The molecule has 140 valence electrons. The maximum Gasteiger partial charge on any atom is 0.328 e. The molecule has 0 unspecified atom stereocenters. The molecule has 0 aromatic heterocycles. The van der Waals surface area contributed by atoms with E-state index in [4.69, 9.17) is 27.9 Å². The number of ether oxygens (including phenoxy) is 1. The second-order valence-electron chi connectivity index (χ2n) is 5.84. The highest BCUT2D eigenvalue weighted by atomic mass is 35.5. The third-order valence-corrected chi connectivity index (χ3v) is 4.82. The number of aliphatic carboxylic acids is 1. The van der Waals surface area contributed by atoms with Crippen LogP contribution in [0.4, 0.5) is 11.4 Å². The zero-order chi connectivity index (χ0) is 19.6. The van der Waals surface area contributed by atoms with Gasteiger partial charge in [-0.2, -0.15) is 0 Å². The summed E-state index contributed by atoms with van der Waals surface area (Å²) < 4.78 is 5.35. The lowest BCUT2D eigenvalue weighted by Crippen LogP contribution is -2.44. The average molecular weight is 408 g/mol. The highest BCUT2D eigenvalue weighted by Crippen LogP contribution is 2.45. The number of fused-ring (bicyclic) bond motifs is 1. The van der Waals surface area contributed by atoms with Crippen molar-refractivity contribution in [2.24, 2.45) is 5.10 Å². The third-order valence-electron chi connectivity index (χ3n) is 4.29. The van der Waals surface area contributed by atoms with Crippen molar-refractivity contribution in [2.45, 2.75) is 18.5 Å². The van der Waals surface area contributed by atoms with Gasteiger partial charge in [-0.3, -0.25) is 0 Å². The minimum absolute atomic E-state index is 0.104. The van der Waals surface area contributed by atoms with Gasteiger partial charge in [0.05, 0.1) is 24.5 Å². The van der Waals surface area contributed by atoms with Gasteiger partial charge < -0.3 is 15.2 Å². The predicted molar refractivity (Wildman–Crippen MR) is 102 cm³/mol. The van der Waals surface area contributed by atoms with E-state index in [1.165, 1.54) is 12.1 Å². The van der Waals surface area contributed by atoms with Gasteiger partial charge >= 0.3 is 5.97 Å². The van der Waals surface area contributed by atoms with E-state index in [9.17, 15) is 14.7 Å². The lowest BCUT2D eigenvalue weighted by atomic mass is 9.91. The second kappa shape index (κ2) is 7.88. The Morgan fingerprint density at radius 1 is 1.37 bits per heavy atom. The molecule has 9 heteroatoms. The number of methoxy groups -OCH3 is 1. The molecule has 0 saturated carbocycles. The van der Waals surface area contributed by atoms with Crippen molar-refractivity contribution in [1.82, 2.24) is 0 Å². The second-order valence-corrected chi connectivity index (χ2v) is 6.69. The SMILES string of the molecule is COc1ccccc1N[C@H]1C[C@H](C(=O)O)N(N=C=O)c2cc(Cl)cc(Cl)c21. The largest absolute Gasteiger partial charge is 0.495 e. The first-order valence-corrected chi connectivity index (χ1v) is 8.70. The van der Waals surface area contributed by atoms with Crippen molar-refractivity contribution in [3.8, 4) is 5.75 Å². The van der Waals surface area contributed by atoms with Gasteiger partial charge in [-0.05, 0) is 24.3 Å². The number of benzene rings is 2.